The molecule has 1 N–H and O–H groups in total. The molecule has 0 aliphatic carbocycles. The van der Waals surface area contributed by atoms with Gasteiger partial charge in [-0.05, 0) is 6.42 Å². The maximum absolute atomic E-state index is 11.2. The second-order valence-corrected chi connectivity index (χ2v) is 3.53. The summed E-state index contributed by atoms with van der Waals surface area (Å²) in [6.07, 6.45) is 2.91. The van der Waals surface area contributed by atoms with Gasteiger partial charge < -0.3 is 10.1 Å². The molecule has 1 saturated heterocycles. The van der Waals surface area contributed by atoms with Crippen LogP contribution in [0.25, 0.3) is 0 Å². The Labute approximate surface area is 84.9 Å². The van der Waals surface area contributed by atoms with Crippen LogP contribution < -0.4 is 5.32 Å². The highest BCUT2D eigenvalue weighted by atomic mass is 16.5. The molecule has 1 aliphatic rings. The number of methoxy groups -OCH3 is 1. The predicted octanol–water partition coefficient (Wildman–Crippen LogP) is 0.00930. The van der Waals surface area contributed by atoms with Gasteiger partial charge in [0.15, 0.2) is 0 Å². The molecule has 0 saturated carbocycles. The van der Waals surface area contributed by atoms with Gasteiger partial charge in [-0.1, -0.05) is 6.08 Å². The van der Waals surface area contributed by atoms with E-state index < -0.39 is 0 Å². The van der Waals surface area contributed by atoms with Crippen LogP contribution in [0.15, 0.2) is 12.7 Å². The Morgan fingerprint density at radius 3 is 3.21 bits per heavy atom. The molecule has 1 rings (SSSR count). The number of carbonyl (C=O) groups is 1. The van der Waals surface area contributed by atoms with Crippen LogP contribution in [0.2, 0.25) is 0 Å². The Bertz CT molecular complexity index is 206. The lowest BCUT2D eigenvalue weighted by Crippen LogP contribution is -2.38. The van der Waals surface area contributed by atoms with E-state index in [1.807, 2.05) is 6.08 Å². The quantitative estimate of drug-likeness (QED) is 0.633. The van der Waals surface area contributed by atoms with Crippen molar-refractivity contribution in [3.8, 4) is 0 Å². The van der Waals surface area contributed by atoms with Gasteiger partial charge in [-0.2, -0.15) is 0 Å². The van der Waals surface area contributed by atoms with Crippen molar-refractivity contribution < 1.29 is 9.53 Å². The van der Waals surface area contributed by atoms with Crippen molar-refractivity contribution in [3.05, 3.63) is 12.7 Å². The van der Waals surface area contributed by atoms with Gasteiger partial charge in [0.2, 0.25) is 5.91 Å². The molecule has 1 unspecified atom stereocenters. The van der Waals surface area contributed by atoms with Gasteiger partial charge >= 0.3 is 0 Å². The van der Waals surface area contributed by atoms with Gasteiger partial charge in [0.25, 0.3) is 0 Å². The number of amides is 1. The normalized spacial score (nSPS) is 22.2. The summed E-state index contributed by atoms with van der Waals surface area (Å²) in [5.74, 6) is -0.0297. The first-order chi connectivity index (χ1) is 6.76. The van der Waals surface area contributed by atoms with Gasteiger partial charge in [-0.25, -0.2) is 0 Å². The number of nitrogens with zero attached hydrogens (tertiary/aromatic N) is 1. The van der Waals surface area contributed by atoms with E-state index in [9.17, 15) is 4.79 Å². The molecule has 0 aromatic heterocycles. The van der Waals surface area contributed by atoms with E-state index >= 15 is 0 Å². The summed E-state index contributed by atoms with van der Waals surface area (Å²) in [6.45, 7) is 6.69. The number of carbonyl (C=O) groups excluding carboxylic acids is 1. The van der Waals surface area contributed by atoms with Crippen molar-refractivity contribution >= 4 is 5.91 Å². The average Bonchev–Trinajstić information content (AvgIpc) is 2.53. The first kappa shape index (κ1) is 11.2. The Morgan fingerprint density at radius 1 is 1.79 bits per heavy atom. The number of nitrogens with one attached hydrogen (secondary N) is 1. The van der Waals surface area contributed by atoms with Crippen LogP contribution in [0, 0.1) is 0 Å². The lowest BCUT2D eigenvalue weighted by molar-refractivity contribution is -0.125. The number of hydrogen-bond acceptors (Lipinski definition) is 3. The summed E-state index contributed by atoms with van der Waals surface area (Å²) in [4.78, 5) is 13.5. The Balaban J connectivity index is 2.21. The summed E-state index contributed by atoms with van der Waals surface area (Å²) < 4.78 is 4.75. The van der Waals surface area contributed by atoms with Crippen molar-refractivity contribution in [2.75, 3.05) is 33.4 Å². The van der Waals surface area contributed by atoms with Crippen LogP contribution in [0.1, 0.15) is 6.42 Å². The third-order valence-electron chi connectivity index (χ3n) is 2.30. The largest absolute Gasteiger partial charge is 0.375 e. The molecule has 4 nitrogen and oxygen atoms in total. The van der Waals surface area contributed by atoms with Crippen LogP contribution in [-0.2, 0) is 9.53 Å². The van der Waals surface area contributed by atoms with Gasteiger partial charge in [-0.15, -0.1) is 6.58 Å². The summed E-state index contributed by atoms with van der Waals surface area (Å²) in [5.41, 5.74) is 0. The zero-order chi connectivity index (χ0) is 10.4. The summed E-state index contributed by atoms with van der Waals surface area (Å²) in [5, 5.41) is 2.93. The zero-order valence-corrected chi connectivity index (χ0v) is 8.66. The molecule has 0 aromatic carbocycles. The van der Waals surface area contributed by atoms with Crippen LogP contribution in [0.3, 0.4) is 0 Å². The number of likely N-dealkylation sites (tertiary alicyclic amines) is 1. The SMILES string of the molecule is C=CCN1CCC(NC(=O)COC)C1. The monoisotopic (exact) mass is 198 g/mol. The molecule has 1 aliphatic heterocycles. The highest BCUT2D eigenvalue weighted by Crippen LogP contribution is 2.08. The highest BCUT2D eigenvalue weighted by molar-refractivity contribution is 5.77. The minimum Gasteiger partial charge on any atom is -0.375 e. The Hall–Kier alpha value is -0.870. The number of hydrogen-bond donors (Lipinski definition) is 1. The molecular weight excluding hydrogens is 180 g/mol. The zero-order valence-electron chi connectivity index (χ0n) is 8.66. The lowest BCUT2D eigenvalue weighted by atomic mass is 10.2. The fraction of sp³-hybridized carbons (Fsp3) is 0.700. The average molecular weight is 198 g/mol. The summed E-state index contributed by atoms with van der Waals surface area (Å²) >= 11 is 0. The first-order valence-electron chi connectivity index (χ1n) is 4.87. The molecule has 0 radical (unpaired) electrons. The Morgan fingerprint density at radius 2 is 2.57 bits per heavy atom. The fourth-order valence-corrected chi connectivity index (χ4v) is 1.70. The number of rotatable bonds is 5. The lowest BCUT2D eigenvalue weighted by Gasteiger charge is -2.14. The van der Waals surface area contributed by atoms with E-state index in [0.717, 1.165) is 26.1 Å². The standard InChI is InChI=1S/C10H18N2O2/c1-3-5-12-6-4-9(7-12)11-10(13)8-14-2/h3,9H,1,4-8H2,2H3,(H,11,13). The molecule has 1 atom stereocenters. The van der Waals surface area contributed by atoms with Crippen LogP contribution >= 0.6 is 0 Å². The van der Waals surface area contributed by atoms with Crippen molar-refractivity contribution in [1.82, 2.24) is 10.2 Å². The van der Waals surface area contributed by atoms with Crippen LogP contribution in [0.5, 0.6) is 0 Å². The minimum atomic E-state index is -0.0297. The molecule has 4 heteroatoms. The smallest absolute Gasteiger partial charge is 0.246 e. The van der Waals surface area contributed by atoms with E-state index in [4.69, 9.17) is 4.74 Å². The first-order valence-corrected chi connectivity index (χ1v) is 4.87. The molecule has 14 heavy (non-hydrogen) atoms. The molecular formula is C10H18N2O2. The number of ether oxygens (including phenoxy) is 1. The van der Waals surface area contributed by atoms with Crippen molar-refractivity contribution in [2.24, 2.45) is 0 Å². The van der Waals surface area contributed by atoms with Gasteiger partial charge in [0.1, 0.15) is 6.61 Å². The van der Waals surface area contributed by atoms with E-state index in [2.05, 4.69) is 16.8 Å². The molecule has 1 heterocycles. The molecule has 1 fully saturated rings. The molecule has 1 amide bonds. The molecule has 0 bridgehead atoms. The molecule has 80 valence electrons. The maximum atomic E-state index is 11.2. The van der Waals surface area contributed by atoms with E-state index in [-0.39, 0.29) is 18.6 Å². The molecule has 0 spiro atoms. The van der Waals surface area contributed by atoms with Gasteiger partial charge in [0.05, 0.1) is 0 Å². The third-order valence-corrected chi connectivity index (χ3v) is 2.30. The summed E-state index contributed by atoms with van der Waals surface area (Å²) in [6, 6.07) is 0.276. The van der Waals surface area contributed by atoms with Crippen molar-refractivity contribution in [1.29, 1.82) is 0 Å². The maximum Gasteiger partial charge on any atom is 0.246 e. The highest BCUT2D eigenvalue weighted by Gasteiger charge is 2.22. The van der Waals surface area contributed by atoms with Gasteiger partial charge in [-0.3, -0.25) is 9.69 Å². The summed E-state index contributed by atoms with van der Waals surface area (Å²) in [7, 11) is 1.53. The second kappa shape index (κ2) is 5.78. The van der Waals surface area contributed by atoms with E-state index in [0.29, 0.717) is 0 Å². The Kier molecular flexibility index (Phi) is 4.62. The van der Waals surface area contributed by atoms with E-state index in [1.54, 1.807) is 0 Å². The van der Waals surface area contributed by atoms with Crippen molar-refractivity contribution in [3.63, 3.8) is 0 Å². The molecule has 0 aromatic rings. The topological polar surface area (TPSA) is 41.6 Å². The van der Waals surface area contributed by atoms with E-state index in [1.165, 1.54) is 7.11 Å². The van der Waals surface area contributed by atoms with Crippen LogP contribution in [-0.4, -0.2) is 50.2 Å². The van der Waals surface area contributed by atoms with Crippen LogP contribution in [0.4, 0.5) is 0 Å². The van der Waals surface area contributed by atoms with Crippen molar-refractivity contribution in [2.45, 2.75) is 12.5 Å². The predicted molar refractivity (Wildman–Crippen MR) is 55.1 cm³/mol. The third kappa shape index (κ3) is 3.47. The van der Waals surface area contributed by atoms with Gasteiger partial charge in [0, 0.05) is 32.8 Å². The minimum absolute atomic E-state index is 0.0297. The second-order valence-electron chi connectivity index (χ2n) is 3.53. The fourth-order valence-electron chi connectivity index (χ4n) is 1.70.